The second-order valence-electron chi connectivity index (χ2n) is 6.68. The Kier molecular flexibility index (Phi) is 5.27. The van der Waals surface area contributed by atoms with Crippen molar-refractivity contribution in [3.05, 3.63) is 58.1 Å². The number of ether oxygens (including phenoxy) is 2. The first-order valence-corrected chi connectivity index (χ1v) is 9.40. The van der Waals surface area contributed by atoms with Crippen molar-refractivity contribution in [2.45, 2.75) is 6.54 Å². The van der Waals surface area contributed by atoms with Gasteiger partial charge in [-0.15, -0.1) is 0 Å². The first kappa shape index (κ1) is 18.5. The molecule has 4 rings (SSSR count). The van der Waals surface area contributed by atoms with Gasteiger partial charge in [0.25, 0.3) is 5.69 Å². The van der Waals surface area contributed by atoms with E-state index in [0.717, 1.165) is 49.9 Å². The highest BCUT2D eigenvalue weighted by molar-refractivity contribution is 7.80. The Morgan fingerprint density at radius 1 is 1.07 bits per heavy atom. The molecule has 146 valence electrons. The number of nitro benzene ring substituents is 1. The van der Waals surface area contributed by atoms with Crippen molar-refractivity contribution in [2.75, 3.05) is 38.3 Å². The number of piperazine rings is 1. The molecule has 2 aromatic carbocycles. The third-order valence-corrected chi connectivity index (χ3v) is 5.19. The smallest absolute Gasteiger partial charge is 0.269 e. The molecule has 0 aromatic heterocycles. The number of thiocarbonyl (C=S) groups is 1. The number of rotatable bonds is 4. The van der Waals surface area contributed by atoms with Crippen molar-refractivity contribution in [1.29, 1.82) is 0 Å². The van der Waals surface area contributed by atoms with E-state index in [1.165, 1.54) is 17.7 Å². The maximum absolute atomic E-state index is 10.7. The summed E-state index contributed by atoms with van der Waals surface area (Å²) >= 11 is 5.49. The van der Waals surface area contributed by atoms with Gasteiger partial charge < -0.3 is 19.7 Å². The van der Waals surface area contributed by atoms with Gasteiger partial charge >= 0.3 is 0 Å². The summed E-state index contributed by atoms with van der Waals surface area (Å²) in [6, 6.07) is 12.3. The van der Waals surface area contributed by atoms with Gasteiger partial charge in [0, 0.05) is 50.5 Å². The van der Waals surface area contributed by atoms with Crippen LogP contribution >= 0.6 is 12.2 Å². The van der Waals surface area contributed by atoms with Crippen LogP contribution in [0, 0.1) is 10.1 Å². The van der Waals surface area contributed by atoms with Crippen molar-refractivity contribution < 1.29 is 14.4 Å². The summed E-state index contributed by atoms with van der Waals surface area (Å²) in [6.07, 6.45) is 0. The summed E-state index contributed by atoms with van der Waals surface area (Å²) in [7, 11) is 0. The largest absolute Gasteiger partial charge is 0.454 e. The van der Waals surface area contributed by atoms with Gasteiger partial charge in [0.2, 0.25) is 6.79 Å². The van der Waals surface area contributed by atoms with Crippen LogP contribution in [0.3, 0.4) is 0 Å². The lowest BCUT2D eigenvalue weighted by Crippen LogP contribution is -2.49. The number of fused-ring (bicyclic) bond motifs is 1. The fraction of sp³-hybridized carbons (Fsp3) is 0.316. The lowest BCUT2D eigenvalue weighted by molar-refractivity contribution is -0.384. The van der Waals surface area contributed by atoms with E-state index in [1.54, 1.807) is 12.1 Å². The molecule has 9 heteroatoms. The van der Waals surface area contributed by atoms with Crippen molar-refractivity contribution >= 4 is 28.7 Å². The normalized spacial score (nSPS) is 16.1. The maximum Gasteiger partial charge on any atom is 0.269 e. The molecule has 1 N–H and O–H groups in total. The lowest BCUT2D eigenvalue weighted by atomic mass is 10.1. The molecule has 0 bridgehead atoms. The van der Waals surface area contributed by atoms with E-state index >= 15 is 0 Å². The molecule has 0 atom stereocenters. The molecular weight excluding hydrogens is 380 g/mol. The molecule has 0 aliphatic carbocycles. The molecule has 8 nitrogen and oxygen atoms in total. The highest BCUT2D eigenvalue weighted by Crippen LogP contribution is 2.32. The zero-order valence-corrected chi connectivity index (χ0v) is 16.0. The molecule has 0 unspecified atom stereocenters. The average molecular weight is 400 g/mol. The van der Waals surface area contributed by atoms with E-state index in [0.29, 0.717) is 5.11 Å². The first-order valence-electron chi connectivity index (χ1n) is 9.00. The first-order chi connectivity index (χ1) is 13.6. The molecule has 0 amide bonds. The number of anilines is 1. The van der Waals surface area contributed by atoms with Crippen LogP contribution in [0.5, 0.6) is 11.5 Å². The fourth-order valence-electron chi connectivity index (χ4n) is 3.28. The number of hydrogen-bond acceptors (Lipinski definition) is 6. The van der Waals surface area contributed by atoms with Crippen LogP contribution in [0.15, 0.2) is 42.5 Å². The minimum absolute atomic E-state index is 0.0635. The zero-order chi connectivity index (χ0) is 19.5. The predicted molar refractivity (Wildman–Crippen MR) is 109 cm³/mol. The lowest BCUT2D eigenvalue weighted by Gasteiger charge is -2.36. The van der Waals surface area contributed by atoms with Crippen LogP contribution < -0.4 is 14.8 Å². The Bertz CT molecular complexity index is 882. The molecule has 0 spiro atoms. The van der Waals surface area contributed by atoms with Crippen molar-refractivity contribution in [1.82, 2.24) is 9.80 Å². The van der Waals surface area contributed by atoms with Crippen LogP contribution in [-0.2, 0) is 6.54 Å². The summed E-state index contributed by atoms with van der Waals surface area (Å²) in [4.78, 5) is 14.8. The van der Waals surface area contributed by atoms with E-state index in [1.807, 2.05) is 12.1 Å². The van der Waals surface area contributed by atoms with E-state index in [-0.39, 0.29) is 12.5 Å². The molecule has 2 heterocycles. The minimum Gasteiger partial charge on any atom is -0.454 e. The molecule has 0 saturated carbocycles. The van der Waals surface area contributed by atoms with Gasteiger partial charge in [-0.1, -0.05) is 6.07 Å². The summed E-state index contributed by atoms with van der Waals surface area (Å²) in [5.74, 6) is 1.61. The van der Waals surface area contributed by atoms with Crippen LogP contribution in [0.25, 0.3) is 0 Å². The SMILES string of the molecule is O=[N+]([O-])c1ccc(NC(=S)N2CCN(Cc3ccc4c(c3)OCO4)CC2)cc1. The number of nitrogens with zero attached hydrogens (tertiary/aromatic N) is 3. The predicted octanol–water partition coefficient (Wildman–Crippen LogP) is 2.84. The van der Waals surface area contributed by atoms with Gasteiger partial charge in [0.05, 0.1) is 4.92 Å². The third kappa shape index (κ3) is 4.15. The van der Waals surface area contributed by atoms with E-state index in [4.69, 9.17) is 21.7 Å². The summed E-state index contributed by atoms with van der Waals surface area (Å²) < 4.78 is 10.8. The quantitative estimate of drug-likeness (QED) is 0.477. The maximum atomic E-state index is 10.7. The van der Waals surface area contributed by atoms with Gasteiger partial charge in [-0.2, -0.15) is 0 Å². The Morgan fingerprint density at radius 3 is 2.50 bits per heavy atom. The molecule has 28 heavy (non-hydrogen) atoms. The number of hydrogen-bond donors (Lipinski definition) is 1. The number of benzene rings is 2. The zero-order valence-electron chi connectivity index (χ0n) is 15.2. The van der Waals surface area contributed by atoms with Gasteiger partial charge in [0.15, 0.2) is 16.6 Å². The van der Waals surface area contributed by atoms with E-state index in [2.05, 4.69) is 21.2 Å². The molecular formula is C19H20N4O4S. The van der Waals surface area contributed by atoms with Crippen LogP contribution in [0.1, 0.15) is 5.56 Å². The second kappa shape index (κ2) is 7.99. The molecule has 2 aliphatic heterocycles. The second-order valence-corrected chi connectivity index (χ2v) is 7.07. The Morgan fingerprint density at radius 2 is 1.79 bits per heavy atom. The van der Waals surface area contributed by atoms with E-state index < -0.39 is 4.92 Å². The number of nitrogens with one attached hydrogen (secondary N) is 1. The number of non-ortho nitro benzene ring substituents is 1. The van der Waals surface area contributed by atoms with Crippen LogP contribution in [-0.4, -0.2) is 52.8 Å². The topological polar surface area (TPSA) is 80.1 Å². The van der Waals surface area contributed by atoms with Gasteiger partial charge in [-0.3, -0.25) is 15.0 Å². The summed E-state index contributed by atoms with van der Waals surface area (Å²) in [5.41, 5.74) is 2.01. The monoisotopic (exact) mass is 400 g/mol. The van der Waals surface area contributed by atoms with Crippen molar-refractivity contribution in [3.63, 3.8) is 0 Å². The number of nitro groups is 1. The van der Waals surface area contributed by atoms with E-state index in [9.17, 15) is 10.1 Å². The molecule has 2 aromatic rings. The molecule has 0 radical (unpaired) electrons. The summed E-state index contributed by atoms with van der Waals surface area (Å²) in [6.45, 7) is 4.59. The summed E-state index contributed by atoms with van der Waals surface area (Å²) in [5, 5.41) is 14.5. The Balaban J connectivity index is 1.27. The van der Waals surface area contributed by atoms with Gasteiger partial charge in [-0.25, -0.2) is 0 Å². The van der Waals surface area contributed by atoms with Gasteiger partial charge in [-0.05, 0) is 42.0 Å². The van der Waals surface area contributed by atoms with Crippen molar-refractivity contribution in [3.8, 4) is 11.5 Å². The minimum atomic E-state index is -0.415. The Hall–Kier alpha value is -2.91. The third-order valence-electron chi connectivity index (χ3n) is 4.83. The molecule has 2 aliphatic rings. The fourth-order valence-corrected chi connectivity index (χ4v) is 3.58. The average Bonchev–Trinajstić information content (AvgIpc) is 3.17. The van der Waals surface area contributed by atoms with Gasteiger partial charge in [0.1, 0.15) is 0 Å². The Labute approximate surface area is 167 Å². The standard InChI is InChI=1S/C19H20N4O4S/c24-23(25)16-4-2-15(3-5-16)20-19(28)22-9-7-21(8-10-22)12-14-1-6-17-18(11-14)27-13-26-17/h1-6,11H,7-10,12-13H2,(H,20,28). The molecule has 1 saturated heterocycles. The molecule has 1 fully saturated rings. The highest BCUT2D eigenvalue weighted by Gasteiger charge is 2.20. The highest BCUT2D eigenvalue weighted by atomic mass is 32.1. The van der Waals surface area contributed by atoms with Crippen LogP contribution in [0.4, 0.5) is 11.4 Å². The van der Waals surface area contributed by atoms with Crippen molar-refractivity contribution in [2.24, 2.45) is 0 Å². The van der Waals surface area contributed by atoms with Crippen LogP contribution in [0.2, 0.25) is 0 Å².